The van der Waals surface area contributed by atoms with Gasteiger partial charge in [0.05, 0.1) is 16.6 Å². The maximum absolute atomic E-state index is 12.2. The van der Waals surface area contributed by atoms with E-state index in [1.54, 1.807) is 24.3 Å². The van der Waals surface area contributed by atoms with Crippen molar-refractivity contribution in [3.8, 4) is 0 Å². The second-order valence-corrected chi connectivity index (χ2v) is 7.93. The van der Waals surface area contributed by atoms with Gasteiger partial charge in [-0.15, -0.1) is 12.4 Å². The molecule has 1 fully saturated rings. The summed E-state index contributed by atoms with van der Waals surface area (Å²) in [6, 6.07) is 6.62. The van der Waals surface area contributed by atoms with Crippen LogP contribution in [0, 0.1) is 5.92 Å². The van der Waals surface area contributed by atoms with Crippen molar-refractivity contribution in [2.45, 2.75) is 11.3 Å². The molecule has 1 heterocycles. The number of likely N-dealkylation sites (tertiary alicyclic amines) is 1. The molecule has 8 heteroatoms. The van der Waals surface area contributed by atoms with Gasteiger partial charge in [0.1, 0.15) is 0 Å². The third-order valence-electron chi connectivity index (χ3n) is 3.45. The van der Waals surface area contributed by atoms with Crippen LogP contribution in [0.1, 0.15) is 6.42 Å². The van der Waals surface area contributed by atoms with Crippen LogP contribution in [0.15, 0.2) is 33.6 Å². The third kappa shape index (κ3) is 4.95. The number of sulfone groups is 1. The molecule has 0 bridgehead atoms. The minimum absolute atomic E-state index is 0. The molecule has 1 unspecified atom stereocenters. The molecule has 5 nitrogen and oxygen atoms in total. The molecule has 0 spiro atoms. The summed E-state index contributed by atoms with van der Waals surface area (Å²) in [6.45, 7) is 1.45. The fraction of sp³-hybridized carbons (Fsp3) is 0.462. The maximum Gasteiger partial charge on any atom is 0.307 e. The molecule has 0 radical (unpaired) electrons. The lowest BCUT2D eigenvalue weighted by Gasteiger charge is -2.15. The Morgan fingerprint density at radius 1 is 1.43 bits per heavy atom. The number of nitrogens with zero attached hydrogens (tertiary/aromatic N) is 1. The van der Waals surface area contributed by atoms with E-state index >= 15 is 0 Å². The first-order valence-electron chi connectivity index (χ1n) is 6.32. The molecule has 1 saturated heterocycles. The number of aliphatic carboxylic acids is 1. The summed E-state index contributed by atoms with van der Waals surface area (Å²) in [5, 5.41) is 8.92. The van der Waals surface area contributed by atoms with Crippen LogP contribution in [-0.2, 0) is 14.6 Å². The van der Waals surface area contributed by atoms with E-state index < -0.39 is 15.8 Å². The van der Waals surface area contributed by atoms with Crippen LogP contribution in [0.25, 0.3) is 0 Å². The van der Waals surface area contributed by atoms with E-state index in [1.165, 1.54) is 0 Å². The van der Waals surface area contributed by atoms with Gasteiger partial charge in [0.2, 0.25) is 0 Å². The quantitative estimate of drug-likeness (QED) is 0.821. The highest BCUT2D eigenvalue weighted by molar-refractivity contribution is 9.10. The lowest BCUT2D eigenvalue weighted by molar-refractivity contribution is -0.141. The molecule has 2 rings (SSSR count). The Hall–Kier alpha value is -0.630. The van der Waals surface area contributed by atoms with E-state index in [1.807, 2.05) is 4.90 Å². The van der Waals surface area contributed by atoms with Crippen LogP contribution in [0.2, 0.25) is 0 Å². The lowest BCUT2D eigenvalue weighted by atomic mass is 10.1. The average Bonchev–Trinajstić information content (AvgIpc) is 2.85. The molecule has 21 heavy (non-hydrogen) atoms. The van der Waals surface area contributed by atoms with Crippen LogP contribution in [0.4, 0.5) is 0 Å². The molecular weight excluding hydrogens is 382 g/mol. The van der Waals surface area contributed by atoms with Crippen molar-refractivity contribution in [1.82, 2.24) is 4.90 Å². The Balaban J connectivity index is 0.00000220. The Morgan fingerprint density at radius 2 is 2.14 bits per heavy atom. The van der Waals surface area contributed by atoms with Crippen molar-refractivity contribution in [3.05, 3.63) is 28.7 Å². The van der Waals surface area contributed by atoms with Crippen LogP contribution in [-0.4, -0.2) is 49.8 Å². The summed E-state index contributed by atoms with van der Waals surface area (Å²) in [7, 11) is -3.33. The van der Waals surface area contributed by atoms with Gasteiger partial charge in [-0.25, -0.2) is 8.42 Å². The van der Waals surface area contributed by atoms with Crippen molar-refractivity contribution in [2.24, 2.45) is 5.92 Å². The Labute approximate surface area is 138 Å². The van der Waals surface area contributed by atoms with Crippen molar-refractivity contribution < 1.29 is 18.3 Å². The number of halogens is 2. The largest absolute Gasteiger partial charge is 0.481 e. The summed E-state index contributed by atoms with van der Waals surface area (Å²) >= 11 is 3.26. The zero-order chi connectivity index (χ0) is 14.8. The first-order chi connectivity index (χ1) is 9.38. The molecule has 1 aromatic rings. The number of rotatable bonds is 5. The Morgan fingerprint density at radius 3 is 2.71 bits per heavy atom. The maximum atomic E-state index is 12.2. The zero-order valence-electron chi connectivity index (χ0n) is 11.2. The molecule has 0 aromatic heterocycles. The van der Waals surface area contributed by atoms with Gasteiger partial charge in [0.25, 0.3) is 0 Å². The fourth-order valence-corrected chi connectivity index (χ4v) is 4.14. The number of carbonyl (C=O) groups is 1. The minimum atomic E-state index is -3.33. The van der Waals surface area contributed by atoms with Crippen molar-refractivity contribution in [1.29, 1.82) is 0 Å². The van der Waals surface area contributed by atoms with Crippen LogP contribution in [0.5, 0.6) is 0 Å². The molecule has 1 N–H and O–H groups in total. The molecule has 0 aliphatic carbocycles. The van der Waals surface area contributed by atoms with Gasteiger partial charge in [-0.2, -0.15) is 0 Å². The molecule has 0 saturated carbocycles. The summed E-state index contributed by atoms with van der Waals surface area (Å²) in [5.41, 5.74) is 0. The number of hydrogen-bond acceptors (Lipinski definition) is 4. The minimum Gasteiger partial charge on any atom is -0.481 e. The predicted molar refractivity (Wildman–Crippen MR) is 85.6 cm³/mol. The van der Waals surface area contributed by atoms with Crippen molar-refractivity contribution in [2.75, 3.05) is 25.4 Å². The monoisotopic (exact) mass is 397 g/mol. The van der Waals surface area contributed by atoms with Gasteiger partial charge in [-0.1, -0.05) is 22.0 Å². The van der Waals surface area contributed by atoms with Crippen LogP contribution in [0.3, 0.4) is 0 Å². The van der Waals surface area contributed by atoms with E-state index in [-0.39, 0.29) is 24.1 Å². The number of hydrogen-bond donors (Lipinski definition) is 1. The van der Waals surface area contributed by atoms with Gasteiger partial charge >= 0.3 is 5.97 Å². The highest BCUT2D eigenvalue weighted by Gasteiger charge is 2.28. The highest BCUT2D eigenvalue weighted by atomic mass is 79.9. The summed E-state index contributed by atoms with van der Waals surface area (Å²) in [5.74, 6) is -1.17. The number of carboxylic acids is 1. The van der Waals surface area contributed by atoms with Crippen LogP contribution < -0.4 is 0 Å². The van der Waals surface area contributed by atoms with Gasteiger partial charge in [0, 0.05) is 17.6 Å². The standard InChI is InChI=1S/C13H16BrNO4S.ClH/c14-11-2-1-3-12(8-11)20(18,19)7-6-15-5-4-10(9-15)13(16)17;/h1-3,8,10H,4-7,9H2,(H,16,17);1H. The molecule has 1 aliphatic heterocycles. The van der Waals surface area contributed by atoms with Crippen LogP contribution >= 0.6 is 28.3 Å². The SMILES string of the molecule is Cl.O=C(O)C1CCN(CCS(=O)(=O)c2cccc(Br)c2)C1. The highest BCUT2D eigenvalue weighted by Crippen LogP contribution is 2.19. The van der Waals surface area contributed by atoms with Gasteiger partial charge in [0.15, 0.2) is 9.84 Å². The van der Waals surface area contributed by atoms with E-state index in [0.29, 0.717) is 31.0 Å². The third-order valence-corrected chi connectivity index (χ3v) is 5.64. The smallest absolute Gasteiger partial charge is 0.307 e. The normalized spacial score (nSPS) is 19.2. The second-order valence-electron chi connectivity index (χ2n) is 4.90. The van der Waals surface area contributed by atoms with E-state index in [0.717, 1.165) is 4.47 Å². The molecule has 118 valence electrons. The second kappa shape index (κ2) is 7.58. The van der Waals surface area contributed by atoms with Gasteiger partial charge in [-0.05, 0) is 31.2 Å². The van der Waals surface area contributed by atoms with Crippen molar-refractivity contribution >= 4 is 44.1 Å². The molecule has 0 amide bonds. The number of benzene rings is 1. The first kappa shape index (κ1) is 18.4. The van der Waals surface area contributed by atoms with Crippen molar-refractivity contribution in [3.63, 3.8) is 0 Å². The summed E-state index contributed by atoms with van der Waals surface area (Å²) < 4.78 is 25.1. The van der Waals surface area contributed by atoms with E-state index in [9.17, 15) is 13.2 Å². The van der Waals surface area contributed by atoms with Gasteiger partial charge < -0.3 is 10.0 Å². The predicted octanol–water partition coefficient (Wildman–Crippen LogP) is 2.05. The molecule has 1 aliphatic rings. The van der Waals surface area contributed by atoms with Gasteiger partial charge in [-0.3, -0.25) is 4.79 Å². The molecule has 1 aromatic carbocycles. The summed E-state index contributed by atoms with van der Waals surface area (Å²) in [6.07, 6.45) is 0.590. The topological polar surface area (TPSA) is 74.7 Å². The molecular formula is C13H17BrClNO4S. The first-order valence-corrected chi connectivity index (χ1v) is 8.76. The zero-order valence-corrected chi connectivity index (χ0v) is 14.5. The Kier molecular flexibility index (Phi) is 6.65. The van der Waals surface area contributed by atoms with E-state index in [2.05, 4.69) is 15.9 Å². The lowest BCUT2D eigenvalue weighted by Crippen LogP contribution is -2.28. The van der Waals surface area contributed by atoms with E-state index in [4.69, 9.17) is 5.11 Å². The fourth-order valence-electron chi connectivity index (χ4n) is 2.26. The average molecular weight is 399 g/mol. The molecule has 1 atom stereocenters. The summed E-state index contributed by atoms with van der Waals surface area (Å²) in [4.78, 5) is 13.0. The Bertz CT molecular complexity index is 608. The number of carboxylic acid groups (broad SMARTS) is 1.